The summed E-state index contributed by atoms with van der Waals surface area (Å²) in [6.07, 6.45) is 3.66. The molecule has 6 heteroatoms. The minimum atomic E-state index is -0.254. The SMILES string of the molecule is O=C(CSc1ccc(F)cc1)N1CCN(Cc2cccnc2)CC1. The molecule has 4 nitrogen and oxygen atoms in total. The third-order valence-electron chi connectivity index (χ3n) is 4.03. The molecule has 0 atom stereocenters. The van der Waals surface area contributed by atoms with Gasteiger partial charge >= 0.3 is 0 Å². The lowest BCUT2D eigenvalue weighted by Gasteiger charge is -2.34. The van der Waals surface area contributed by atoms with Gasteiger partial charge in [-0.3, -0.25) is 14.7 Å². The Morgan fingerprint density at radius 1 is 1.12 bits per heavy atom. The highest BCUT2D eigenvalue weighted by molar-refractivity contribution is 8.00. The van der Waals surface area contributed by atoms with Crippen LogP contribution in [0.25, 0.3) is 0 Å². The number of hydrogen-bond donors (Lipinski definition) is 0. The molecule has 0 N–H and O–H groups in total. The molecule has 1 amide bonds. The summed E-state index contributed by atoms with van der Waals surface area (Å²) in [4.78, 5) is 21.6. The molecule has 3 rings (SSSR count). The van der Waals surface area contributed by atoms with Gasteiger partial charge in [-0.25, -0.2) is 4.39 Å². The molecule has 2 aromatic rings. The molecule has 2 heterocycles. The zero-order valence-electron chi connectivity index (χ0n) is 13.4. The van der Waals surface area contributed by atoms with Crippen molar-refractivity contribution in [2.24, 2.45) is 0 Å². The molecule has 0 radical (unpaired) electrons. The summed E-state index contributed by atoms with van der Waals surface area (Å²) in [5.41, 5.74) is 1.20. The largest absolute Gasteiger partial charge is 0.339 e. The summed E-state index contributed by atoms with van der Waals surface area (Å²) in [6.45, 7) is 4.13. The normalized spacial score (nSPS) is 15.5. The van der Waals surface area contributed by atoms with Crippen molar-refractivity contribution in [3.63, 3.8) is 0 Å². The van der Waals surface area contributed by atoms with Crippen LogP contribution < -0.4 is 0 Å². The van der Waals surface area contributed by atoms with Crippen LogP contribution in [0.1, 0.15) is 5.56 Å². The summed E-state index contributed by atoms with van der Waals surface area (Å²) < 4.78 is 12.9. The zero-order valence-corrected chi connectivity index (χ0v) is 14.2. The van der Waals surface area contributed by atoms with E-state index in [0.29, 0.717) is 5.75 Å². The average Bonchev–Trinajstić information content (AvgIpc) is 2.62. The average molecular weight is 345 g/mol. The number of aromatic nitrogens is 1. The van der Waals surface area contributed by atoms with E-state index < -0.39 is 0 Å². The van der Waals surface area contributed by atoms with E-state index in [1.165, 1.54) is 29.5 Å². The Hall–Kier alpha value is -1.92. The van der Waals surface area contributed by atoms with E-state index in [9.17, 15) is 9.18 Å². The number of carbonyl (C=O) groups excluding carboxylic acids is 1. The van der Waals surface area contributed by atoms with Crippen molar-refractivity contribution in [3.05, 3.63) is 60.2 Å². The van der Waals surface area contributed by atoms with E-state index in [0.717, 1.165) is 37.6 Å². The van der Waals surface area contributed by atoms with Crippen LogP contribution in [-0.4, -0.2) is 52.6 Å². The fourth-order valence-electron chi connectivity index (χ4n) is 2.67. The number of amides is 1. The standard InChI is InChI=1S/C18H20FN3OS/c19-16-3-5-17(6-4-16)24-14-18(23)22-10-8-21(9-11-22)13-15-2-1-7-20-12-15/h1-7,12H,8-11,13-14H2. The van der Waals surface area contributed by atoms with Gasteiger partial charge in [0.2, 0.25) is 5.91 Å². The van der Waals surface area contributed by atoms with Crippen molar-refractivity contribution in [3.8, 4) is 0 Å². The lowest BCUT2D eigenvalue weighted by Crippen LogP contribution is -2.48. The molecule has 0 unspecified atom stereocenters. The molecule has 0 saturated carbocycles. The van der Waals surface area contributed by atoms with Crippen LogP contribution in [0.4, 0.5) is 4.39 Å². The fraction of sp³-hybridized carbons (Fsp3) is 0.333. The molecular weight excluding hydrogens is 325 g/mol. The Labute approximate surface area is 145 Å². The van der Waals surface area contributed by atoms with Gasteiger partial charge in [0, 0.05) is 50.0 Å². The number of rotatable bonds is 5. The van der Waals surface area contributed by atoms with Crippen LogP contribution in [0.15, 0.2) is 53.7 Å². The lowest BCUT2D eigenvalue weighted by atomic mass is 10.2. The zero-order chi connectivity index (χ0) is 16.8. The number of piperazine rings is 1. The van der Waals surface area contributed by atoms with Crippen molar-refractivity contribution < 1.29 is 9.18 Å². The summed E-state index contributed by atoms with van der Waals surface area (Å²) in [7, 11) is 0. The van der Waals surface area contributed by atoms with Gasteiger partial charge in [0.05, 0.1) is 5.75 Å². The Kier molecular flexibility index (Phi) is 5.82. The molecule has 0 bridgehead atoms. The second kappa shape index (κ2) is 8.26. The molecule has 0 aliphatic carbocycles. The van der Waals surface area contributed by atoms with Gasteiger partial charge in [0.25, 0.3) is 0 Å². The summed E-state index contributed by atoms with van der Waals surface area (Å²) in [5.74, 6) is 0.287. The molecular formula is C18H20FN3OS. The highest BCUT2D eigenvalue weighted by Gasteiger charge is 2.21. The van der Waals surface area contributed by atoms with E-state index >= 15 is 0 Å². The minimum Gasteiger partial charge on any atom is -0.339 e. The number of thioether (sulfide) groups is 1. The van der Waals surface area contributed by atoms with Crippen LogP contribution in [-0.2, 0) is 11.3 Å². The third kappa shape index (κ3) is 4.79. The second-order valence-electron chi connectivity index (χ2n) is 5.76. The quantitative estimate of drug-likeness (QED) is 0.781. The van der Waals surface area contributed by atoms with E-state index in [1.54, 1.807) is 18.3 Å². The predicted molar refractivity (Wildman–Crippen MR) is 93.2 cm³/mol. The molecule has 1 saturated heterocycles. The molecule has 1 aromatic heterocycles. The Bertz CT molecular complexity index is 658. The van der Waals surface area contributed by atoms with Crippen molar-refractivity contribution >= 4 is 17.7 Å². The Morgan fingerprint density at radius 3 is 2.54 bits per heavy atom. The predicted octanol–water partition coefficient (Wildman–Crippen LogP) is 2.66. The Balaban J connectivity index is 1.42. The van der Waals surface area contributed by atoms with Crippen molar-refractivity contribution in [1.29, 1.82) is 0 Å². The number of nitrogens with zero attached hydrogens (tertiary/aromatic N) is 3. The highest BCUT2D eigenvalue weighted by Crippen LogP contribution is 2.19. The second-order valence-corrected chi connectivity index (χ2v) is 6.81. The van der Waals surface area contributed by atoms with E-state index in [4.69, 9.17) is 0 Å². The van der Waals surface area contributed by atoms with Crippen LogP contribution in [0.5, 0.6) is 0 Å². The maximum atomic E-state index is 12.9. The Morgan fingerprint density at radius 2 is 1.88 bits per heavy atom. The maximum absolute atomic E-state index is 12.9. The first-order valence-corrected chi connectivity index (χ1v) is 8.97. The summed E-state index contributed by atoms with van der Waals surface area (Å²) >= 11 is 1.45. The minimum absolute atomic E-state index is 0.144. The topological polar surface area (TPSA) is 36.4 Å². The van der Waals surface area contributed by atoms with E-state index in [2.05, 4.69) is 16.0 Å². The first-order chi connectivity index (χ1) is 11.7. The van der Waals surface area contributed by atoms with E-state index in [1.807, 2.05) is 17.2 Å². The van der Waals surface area contributed by atoms with Crippen LogP contribution in [0.2, 0.25) is 0 Å². The first kappa shape index (κ1) is 16.9. The number of hydrogen-bond acceptors (Lipinski definition) is 4. The molecule has 1 aliphatic rings. The van der Waals surface area contributed by atoms with Crippen LogP contribution in [0.3, 0.4) is 0 Å². The van der Waals surface area contributed by atoms with Crippen molar-refractivity contribution in [1.82, 2.24) is 14.8 Å². The molecule has 1 fully saturated rings. The van der Waals surface area contributed by atoms with Gasteiger partial charge in [-0.2, -0.15) is 0 Å². The number of pyridine rings is 1. The molecule has 1 aromatic carbocycles. The maximum Gasteiger partial charge on any atom is 0.233 e. The van der Waals surface area contributed by atoms with E-state index in [-0.39, 0.29) is 11.7 Å². The summed E-state index contributed by atoms with van der Waals surface area (Å²) in [5, 5.41) is 0. The van der Waals surface area contributed by atoms with Gasteiger partial charge in [0.1, 0.15) is 5.82 Å². The highest BCUT2D eigenvalue weighted by atomic mass is 32.2. The van der Waals surface area contributed by atoms with Gasteiger partial charge < -0.3 is 4.90 Å². The van der Waals surface area contributed by atoms with Crippen molar-refractivity contribution in [2.75, 3.05) is 31.9 Å². The van der Waals surface area contributed by atoms with Crippen molar-refractivity contribution in [2.45, 2.75) is 11.4 Å². The van der Waals surface area contributed by atoms with Gasteiger partial charge in [0.15, 0.2) is 0 Å². The molecule has 126 valence electrons. The number of benzene rings is 1. The number of carbonyl (C=O) groups is 1. The third-order valence-corrected chi connectivity index (χ3v) is 5.03. The number of halogens is 1. The molecule has 0 spiro atoms. The first-order valence-electron chi connectivity index (χ1n) is 7.98. The van der Waals surface area contributed by atoms with Crippen LogP contribution in [0, 0.1) is 5.82 Å². The smallest absolute Gasteiger partial charge is 0.233 e. The molecule has 1 aliphatic heterocycles. The molecule has 24 heavy (non-hydrogen) atoms. The van der Waals surface area contributed by atoms with Crippen LogP contribution >= 0.6 is 11.8 Å². The van der Waals surface area contributed by atoms with Gasteiger partial charge in [-0.15, -0.1) is 11.8 Å². The lowest BCUT2D eigenvalue weighted by molar-refractivity contribution is -0.130. The van der Waals surface area contributed by atoms with Gasteiger partial charge in [-0.05, 0) is 35.9 Å². The summed E-state index contributed by atoms with van der Waals surface area (Å²) in [6, 6.07) is 10.3. The monoisotopic (exact) mass is 345 g/mol. The fourth-order valence-corrected chi connectivity index (χ4v) is 3.47. The van der Waals surface area contributed by atoms with Gasteiger partial charge in [-0.1, -0.05) is 6.07 Å².